The summed E-state index contributed by atoms with van der Waals surface area (Å²) >= 11 is 6.02. The molecule has 1 heterocycles. The summed E-state index contributed by atoms with van der Waals surface area (Å²) in [6.45, 7) is 1.99. The first-order valence-corrected chi connectivity index (χ1v) is 9.72. The lowest BCUT2D eigenvalue weighted by Crippen LogP contribution is -2.35. The molecule has 0 saturated heterocycles. The van der Waals surface area contributed by atoms with Gasteiger partial charge in [0, 0.05) is 17.3 Å². The molecule has 0 spiro atoms. The van der Waals surface area contributed by atoms with E-state index in [4.69, 9.17) is 11.6 Å². The summed E-state index contributed by atoms with van der Waals surface area (Å²) in [6.07, 6.45) is 1.83. The van der Waals surface area contributed by atoms with E-state index in [0.29, 0.717) is 5.56 Å². The fourth-order valence-electron chi connectivity index (χ4n) is 2.95. The average Bonchev–Trinajstić information content (AvgIpc) is 2.83. The number of anilines is 2. The summed E-state index contributed by atoms with van der Waals surface area (Å²) in [5.74, 6) is -0.180. The maximum absolute atomic E-state index is 13.0. The van der Waals surface area contributed by atoms with Crippen LogP contribution in [0.1, 0.15) is 22.8 Å². The number of para-hydroxylation sites is 1. The summed E-state index contributed by atoms with van der Waals surface area (Å²) in [7, 11) is -3.48. The van der Waals surface area contributed by atoms with Gasteiger partial charge in [-0.2, -0.15) is 0 Å². The molecule has 0 saturated carbocycles. The summed E-state index contributed by atoms with van der Waals surface area (Å²) < 4.78 is 25.2. The monoisotopic (exact) mass is 364 g/mol. The number of nitrogens with zero attached hydrogens (tertiary/aromatic N) is 1. The number of sulfonamides is 1. The van der Waals surface area contributed by atoms with Crippen LogP contribution < -0.4 is 9.62 Å². The molecular formula is C17H17ClN2O3S. The molecule has 1 aliphatic rings. The topological polar surface area (TPSA) is 66.5 Å². The van der Waals surface area contributed by atoms with Crippen LogP contribution in [0, 0.1) is 0 Å². The van der Waals surface area contributed by atoms with E-state index in [1.807, 2.05) is 31.2 Å². The Morgan fingerprint density at radius 3 is 2.67 bits per heavy atom. The molecule has 1 atom stereocenters. The Bertz CT molecular complexity index is 912. The van der Waals surface area contributed by atoms with Crippen LogP contribution in [0.3, 0.4) is 0 Å². The van der Waals surface area contributed by atoms with E-state index >= 15 is 0 Å². The van der Waals surface area contributed by atoms with E-state index in [-0.39, 0.29) is 22.7 Å². The maximum atomic E-state index is 13.0. The predicted molar refractivity (Wildman–Crippen MR) is 96.3 cm³/mol. The standard InChI is InChI=1S/C17H17ClN2O3S/c1-11-9-12-5-3-4-6-16(12)20(11)17(21)13-7-8-14(18)15(10-13)19-24(2,22)23/h3-8,10-11,19H,9H2,1-2H3/t11-/m0/s1. The summed E-state index contributed by atoms with van der Waals surface area (Å²) in [6, 6.07) is 12.4. The van der Waals surface area contributed by atoms with E-state index < -0.39 is 10.0 Å². The Balaban J connectivity index is 1.98. The zero-order valence-corrected chi connectivity index (χ0v) is 14.9. The van der Waals surface area contributed by atoms with Gasteiger partial charge in [0.15, 0.2) is 0 Å². The minimum atomic E-state index is -3.48. The molecule has 0 bridgehead atoms. The van der Waals surface area contributed by atoms with Crippen molar-refractivity contribution in [2.75, 3.05) is 15.9 Å². The van der Waals surface area contributed by atoms with Crippen molar-refractivity contribution < 1.29 is 13.2 Å². The van der Waals surface area contributed by atoms with Crippen molar-refractivity contribution >= 4 is 38.9 Å². The number of halogens is 1. The zero-order chi connectivity index (χ0) is 17.5. The number of nitrogens with one attached hydrogen (secondary N) is 1. The van der Waals surface area contributed by atoms with Crippen molar-refractivity contribution in [3.8, 4) is 0 Å². The van der Waals surface area contributed by atoms with Crippen LogP contribution in [0.4, 0.5) is 11.4 Å². The van der Waals surface area contributed by atoms with Gasteiger partial charge in [0.05, 0.1) is 17.0 Å². The van der Waals surface area contributed by atoms with Gasteiger partial charge in [-0.05, 0) is 43.2 Å². The van der Waals surface area contributed by atoms with Crippen LogP contribution >= 0.6 is 11.6 Å². The Morgan fingerprint density at radius 2 is 1.96 bits per heavy atom. The lowest BCUT2D eigenvalue weighted by molar-refractivity contribution is 0.0981. The molecule has 1 amide bonds. The summed E-state index contributed by atoms with van der Waals surface area (Å²) in [5.41, 5.74) is 2.60. The Kier molecular flexibility index (Phi) is 4.27. The number of carbonyl (C=O) groups is 1. The van der Waals surface area contributed by atoms with Gasteiger partial charge in [-0.1, -0.05) is 29.8 Å². The number of fused-ring (bicyclic) bond motifs is 1. The van der Waals surface area contributed by atoms with Gasteiger partial charge in [-0.3, -0.25) is 9.52 Å². The largest absolute Gasteiger partial charge is 0.305 e. The van der Waals surface area contributed by atoms with Crippen LogP contribution in [0.2, 0.25) is 5.02 Å². The van der Waals surface area contributed by atoms with Crippen molar-refractivity contribution in [3.05, 3.63) is 58.6 Å². The fraction of sp³-hybridized carbons (Fsp3) is 0.235. The van der Waals surface area contributed by atoms with Gasteiger partial charge in [0.1, 0.15) is 0 Å². The minimum absolute atomic E-state index is 0.0388. The second-order valence-electron chi connectivity index (χ2n) is 5.93. The normalized spacial score (nSPS) is 16.8. The van der Waals surface area contributed by atoms with Crippen molar-refractivity contribution in [2.45, 2.75) is 19.4 Å². The number of amides is 1. The fourth-order valence-corrected chi connectivity index (χ4v) is 3.74. The number of rotatable bonds is 3. The minimum Gasteiger partial charge on any atom is -0.305 e. The SMILES string of the molecule is C[C@H]1Cc2ccccc2N1C(=O)c1ccc(Cl)c(NS(C)(=O)=O)c1. The van der Waals surface area contributed by atoms with Crippen molar-refractivity contribution in [3.63, 3.8) is 0 Å². The number of carbonyl (C=O) groups excluding carboxylic acids is 1. The quantitative estimate of drug-likeness (QED) is 0.908. The lowest BCUT2D eigenvalue weighted by atomic mass is 10.1. The van der Waals surface area contributed by atoms with E-state index in [2.05, 4.69) is 4.72 Å². The molecule has 24 heavy (non-hydrogen) atoms. The van der Waals surface area contributed by atoms with Gasteiger partial charge in [0.25, 0.3) is 5.91 Å². The average molecular weight is 365 g/mol. The maximum Gasteiger partial charge on any atom is 0.258 e. The molecule has 1 aliphatic heterocycles. The number of hydrogen-bond donors (Lipinski definition) is 1. The predicted octanol–water partition coefficient (Wildman–Crippen LogP) is 3.30. The van der Waals surface area contributed by atoms with Crippen LogP contribution in [0.5, 0.6) is 0 Å². The van der Waals surface area contributed by atoms with E-state index in [1.54, 1.807) is 11.0 Å². The molecule has 0 radical (unpaired) electrons. The van der Waals surface area contributed by atoms with E-state index in [0.717, 1.165) is 23.9 Å². The Labute approximate surface area is 146 Å². The molecule has 2 aromatic carbocycles. The first-order chi connectivity index (χ1) is 11.3. The third-order valence-electron chi connectivity index (χ3n) is 3.93. The third-order valence-corrected chi connectivity index (χ3v) is 4.86. The van der Waals surface area contributed by atoms with Crippen LogP contribution in [-0.4, -0.2) is 26.6 Å². The highest BCUT2D eigenvalue weighted by Crippen LogP contribution is 2.34. The third kappa shape index (κ3) is 3.25. The first kappa shape index (κ1) is 16.8. The molecule has 5 nitrogen and oxygen atoms in total. The molecule has 1 N–H and O–H groups in total. The highest BCUT2D eigenvalue weighted by atomic mass is 35.5. The van der Waals surface area contributed by atoms with E-state index in [9.17, 15) is 13.2 Å². The van der Waals surface area contributed by atoms with Gasteiger partial charge in [-0.25, -0.2) is 8.42 Å². The lowest BCUT2D eigenvalue weighted by Gasteiger charge is -2.23. The molecule has 0 aliphatic carbocycles. The van der Waals surface area contributed by atoms with Gasteiger partial charge in [0.2, 0.25) is 10.0 Å². The molecule has 0 unspecified atom stereocenters. The van der Waals surface area contributed by atoms with E-state index in [1.165, 1.54) is 12.1 Å². The molecule has 2 aromatic rings. The first-order valence-electron chi connectivity index (χ1n) is 7.45. The molecule has 0 aromatic heterocycles. The molecular weight excluding hydrogens is 348 g/mol. The van der Waals surface area contributed by atoms with Gasteiger partial charge < -0.3 is 4.90 Å². The molecule has 0 fully saturated rings. The Hall–Kier alpha value is -2.05. The highest BCUT2D eigenvalue weighted by Gasteiger charge is 2.31. The highest BCUT2D eigenvalue weighted by molar-refractivity contribution is 7.92. The van der Waals surface area contributed by atoms with Crippen molar-refractivity contribution in [2.24, 2.45) is 0 Å². The molecule has 126 valence electrons. The molecule has 7 heteroatoms. The summed E-state index contributed by atoms with van der Waals surface area (Å²) in [5, 5.41) is 0.242. The zero-order valence-electron chi connectivity index (χ0n) is 13.3. The van der Waals surface area contributed by atoms with Crippen molar-refractivity contribution in [1.29, 1.82) is 0 Å². The van der Waals surface area contributed by atoms with Gasteiger partial charge in [-0.15, -0.1) is 0 Å². The van der Waals surface area contributed by atoms with Crippen molar-refractivity contribution in [1.82, 2.24) is 0 Å². The number of benzene rings is 2. The second-order valence-corrected chi connectivity index (χ2v) is 8.08. The summed E-state index contributed by atoms with van der Waals surface area (Å²) in [4.78, 5) is 14.7. The van der Waals surface area contributed by atoms with Crippen LogP contribution in [0.25, 0.3) is 0 Å². The van der Waals surface area contributed by atoms with Gasteiger partial charge >= 0.3 is 0 Å². The van der Waals surface area contributed by atoms with Crippen LogP contribution in [-0.2, 0) is 16.4 Å². The smallest absolute Gasteiger partial charge is 0.258 e. The second kappa shape index (κ2) is 6.11. The molecule has 3 rings (SSSR count). The Morgan fingerprint density at radius 1 is 1.25 bits per heavy atom. The van der Waals surface area contributed by atoms with Crippen LogP contribution in [0.15, 0.2) is 42.5 Å². The number of hydrogen-bond acceptors (Lipinski definition) is 3.